The van der Waals surface area contributed by atoms with Crippen LogP contribution in [0.4, 0.5) is 0 Å². The Hall–Kier alpha value is -2.23. The first-order chi connectivity index (χ1) is 8.24. The van der Waals surface area contributed by atoms with E-state index in [9.17, 15) is 4.79 Å². The lowest BCUT2D eigenvalue weighted by molar-refractivity contribution is 0.111. The highest BCUT2D eigenvalue weighted by Crippen LogP contribution is 2.24. The van der Waals surface area contributed by atoms with Crippen LogP contribution in [0.25, 0.3) is 11.3 Å². The van der Waals surface area contributed by atoms with Crippen molar-refractivity contribution in [1.82, 2.24) is 10.2 Å². The van der Waals surface area contributed by atoms with E-state index in [0.717, 1.165) is 22.6 Å². The van der Waals surface area contributed by atoms with Crippen molar-refractivity contribution in [3.05, 3.63) is 41.6 Å². The lowest BCUT2D eigenvalue weighted by atomic mass is 10.1. The topological polar surface area (TPSA) is 52.1 Å². The van der Waals surface area contributed by atoms with E-state index in [2.05, 4.69) is 10.2 Å². The first-order valence-electron chi connectivity index (χ1n) is 5.18. The maximum absolute atomic E-state index is 10.5. The quantitative estimate of drug-likeness (QED) is 0.756. The number of aromatic nitrogens is 2. The van der Waals surface area contributed by atoms with Crippen molar-refractivity contribution >= 4 is 6.29 Å². The maximum atomic E-state index is 10.5. The van der Waals surface area contributed by atoms with E-state index in [1.807, 2.05) is 25.1 Å². The molecule has 0 unspecified atom stereocenters. The molecule has 1 aromatic heterocycles. The Morgan fingerprint density at radius 1 is 1.18 bits per heavy atom. The third kappa shape index (κ3) is 2.30. The number of rotatable bonds is 3. The summed E-state index contributed by atoms with van der Waals surface area (Å²) in [6, 6.07) is 9.20. The first-order valence-corrected chi connectivity index (χ1v) is 5.18. The fraction of sp³-hybridized carbons (Fsp3) is 0.154. The minimum Gasteiger partial charge on any atom is -0.496 e. The summed E-state index contributed by atoms with van der Waals surface area (Å²) in [5.74, 6) is 0.839. The molecule has 0 aliphatic heterocycles. The molecule has 0 bridgehead atoms. The number of aryl methyl sites for hydroxylation is 1. The second kappa shape index (κ2) is 4.74. The normalized spacial score (nSPS) is 10.0. The minimum atomic E-state index is 0.332. The third-order valence-electron chi connectivity index (χ3n) is 2.50. The van der Waals surface area contributed by atoms with Gasteiger partial charge in [-0.2, -0.15) is 0 Å². The molecule has 1 heterocycles. The van der Waals surface area contributed by atoms with Gasteiger partial charge in [-0.05, 0) is 42.8 Å². The summed E-state index contributed by atoms with van der Waals surface area (Å²) in [7, 11) is 1.64. The van der Waals surface area contributed by atoms with Gasteiger partial charge in [0, 0.05) is 5.56 Å². The van der Waals surface area contributed by atoms with Crippen molar-refractivity contribution in [1.29, 1.82) is 0 Å². The molecule has 1 aromatic carbocycles. The molecule has 0 N–H and O–H groups in total. The van der Waals surface area contributed by atoms with Crippen LogP contribution in [-0.4, -0.2) is 23.6 Å². The Balaban J connectivity index is 2.38. The summed E-state index contributed by atoms with van der Waals surface area (Å²) >= 11 is 0. The van der Waals surface area contributed by atoms with E-state index < -0.39 is 0 Å². The highest BCUT2D eigenvalue weighted by Gasteiger charge is 2.04. The lowest BCUT2D eigenvalue weighted by Crippen LogP contribution is -1.93. The Bertz CT molecular complexity index is 536. The predicted octanol–water partition coefficient (Wildman–Crippen LogP) is 2.27. The maximum Gasteiger partial charge on any atom is 0.170 e. The van der Waals surface area contributed by atoms with E-state index in [1.165, 1.54) is 0 Å². The molecule has 0 aliphatic carbocycles. The SMILES string of the molecule is COc1ccc(-c2ccc(C=O)nn2)cc1C. The van der Waals surface area contributed by atoms with Gasteiger partial charge in [0.15, 0.2) is 6.29 Å². The van der Waals surface area contributed by atoms with Gasteiger partial charge in [0.05, 0.1) is 12.8 Å². The second-order valence-corrected chi connectivity index (χ2v) is 3.65. The number of hydrogen-bond donors (Lipinski definition) is 0. The van der Waals surface area contributed by atoms with Crippen molar-refractivity contribution < 1.29 is 9.53 Å². The van der Waals surface area contributed by atoms with Crippen molar-refractivity contribution in [3.63, 3.8) is 0 Å². The van der Waals surface area contributed by atoms with Crippen LogP contribution < -0.4 is 4.74 Å². The molecular formula is C13H12N2O2. The fourth-order valence-corrected chi connectivity index (χ4v) is 1.60. The number of carbonyl (C=O) groups excluding carboxylic acids is 1. The van der Waals surface area contributed by atoms with Crippen LogP contribution in [0.5, 0.6) is 5.75 Å². The van der Waals surface area contributed by atoms with Gasteiger partial charge in [-0.3, -0.25) is 4.79 Å². The summed E-state index contributed by atoms with van der Waals surface area (Å²) in [6.45, 7) is 1.97. The summed E-state index contributed by atoms with van der Waals surface area (Å²) in [6.07, 6.45) is 0.677. The van der Waals surface area contributed by atoms with E-state index in [1.54, 1.807) is 19.2 Å². The molecule has 86 valence electrons. The smallest absolute Gasteiger partial charge is 0.170 e. The van der Waals surface area contributed by atoms with Crippen molar-refractivity contribution in [2.24, 2.45) is 0 Å². The molecule has 0 aliphatic rings. The Morgan fingerprint density at radius 2 is 2.00 bits per heavy atom. The predicted molar refractivity (Wildman–Crippen MR) is 64.1 cm³/mol. The number of nitrogens with zero attached hydrogens (tertiary/aromatic N) is 2. The molecule has 2 aromatic rings. The highest BCUT2D eigenvalue weighted by atomic mass is 16.5. The van der Waals surface area contributed by atoms with Gasteiger partial charge in [-0.1, -0.05) is 0 Å². The standard InChI is InChI=1S/C13H12N2O2/c1-9-7-10(3-6-13(9)17-2)12-5-4-11(8-16)14-15-12/h3-8H,1-2H3. The van der Waals surface area contributed by atoms with Crippen LogP contribution in [0.15, 0.2) is 30.3 Å². The molecule has 0 saturated heterocycles. The molecule has 0 atom stereocenters. The average Bonchev–Trinajstić information content (AvgIpc) is 2.39. The average molecular weight is 228 g/mol. The molecule has 0 radical (unpaired) electrons. The van der Waals surface area contributed by atoms with E-state index in [4.69, 9.17) is 4.74 Å². The third-order valence-corrected chi connectivity index (χ3v) is 2.50. The van der Waals surface area contributed by atoms with E-state index in [-0.39, 0.29) is 0 Å². The summed E-state index contributed by atoms with van der Waals surface area (Å²) in [4.78, 5) is 10.5. The molecule has 17 heavy (non-hydrogen) atoms. The van der Waals surface area contributed by atoms with Crippen molar-refractivity contribution in [2.45, 2.75) is 6.92 Å². The number of ether oxygens (including phenoxy) is 1. The van der Waals surface area contributed by atoms with Crippen LogP contribution in [0.3, 0.4) is 0 Å². The molecule has 0 amide bonds. The number of benzene rings is 1. The summed E-state index contributed by atoms with van der Waals surface area (Å²) in [5.41, 5.74) is 3.06. The van der Waals surface area contributed by atoms with Gasteiger partial charge in [0.2, 0.25) is 0 Å². The lowest BCUT2D eigenvalue weighted by Gasteiger charge is -2.06. The number of aldehydes is 1. The van der Waals surface area contributed by atoms with Gasteiger partial charge in [-0.25, -0.2) is 0 Å². The van der Waals surface area contributed by atoms with Crippen LogP contribution >= 0.6 is 0 Å². The fourth-order valence-electron chi connectivity index (χ4n) is 1.60. The zero-order valence-electron chi connectivity index (χ0n) is 9.68. The Kier molecular flexibility index (Phi) is 3.14. The number of hydrogen-bond acceptors (Lipinski definition) is 4. The van der Waals surface area contributed by atoms with Crippen LogP contribution in [0.2, 0.25) is 0 Å². The minimum absolute atomic E-state index is 0.332. The molecule has 0 saturated carbocycles. The molecule has 0 fully saturated rings. The van der Waals surface area contributed by atoms with Crippen molar-refractivity contribution in [3.8, 4) is 17.0 Å². The summed E-state index contributed by atoms with van der Waals surface area (Å²) < 4.78 is 5.19. The van der Waals surface area contributed by atoms with Crippen LogP contribution in [-0.2, 0) is 0 Å². The molecule has 0 spiro atoms. The van der Waals surface area contributed by atoms with Gasteiger partial charge >= 0.3 is 0 Å². The number of carbonyl (C=O) groups is 1. The summed E-state index contributed by atoms with van der Waals surface area (Å²) in [5, 5.41) is 7.79. The molecule has 4 nitrogen and oxygen atoms in total. The van der Waals surface area contributed by atoms with Gasteiger partial charge in [-0.15, -0.1) is 10.2 Å². The molecular weight excluding hydrogens is 216 g/mol. The first kappa shape index (κ1) is 11.3. The molecule has 2 rings (SSSR count). The highest BCUT2D eigenvalue weighted by molar-refractivity contribution is 5.72. The van der Waals surface area contributed by atoms with Gasteiger partial charge < -0.3 is 4.74 Å². The monoisotopic (exact) mass is 228 g/mol. The van der Waals surface area contributed by atoms with E-state index in [0.29, 0.717) is 12.0 Å². The van der Waals surface area contributed by atoms with Gasteiger partial charge in [0.1, 0.15) is 11.4 Å². The van der Waals surface area contributed by atoms with Crippen molar-refractivity contribution in [2.75, 3.05) is 7.11 Å². The van der Waals surface area contributed by atoms with E-state index >= 15 is 0 Å². The Morgan fingerprint density at radius 3 is 2.53 bits per heavy atom. The second-order valence-electron chi connectivity index (χ2n) is 3.65. The largest absolute Gasteiger partial charge is 0.496 e. The van der Waals surface area contributed by atoms with Crippen LogP contribution in [0.1, 0.15) is 16.1 Å². The number of methoxy groups -OCH3 is 1. The van der Waals surface area contributed by atoms with Crippen LogP contribution in [0, 0.1) is 6.92 Å². The molecule has 4 heteroatoms. The van der Waals surface area contributed by atoms with Gasteiger partial charge in [0.25, 0.3) is 0 Å². The zero-order chi connectivity index (χ0) is 12.3. The Labute approximate surface area is 99.3 Å². The zero-order valence-corrected chi connectivity index (χ0v) is 9.68.